The number of rotatable bonds is 6. The fourth-order valence-electron chi connectivity index (χ4n) is 10.1. The highest BCUT2D eigenvalue weighted by atomic mass is 35.5. The van der Waals surface area contributed by atoms with Crippen molar-refractivity contribution in [2.75, 3.05) is 16.9 Å². The predicted molar refractivity (Wildman–Crippen MR) is 213 cm³/mol. The van der Waals surface area contributed by atoms with Gasteiger partial charge in [0.25, 0.3) is 0 Å². The van der Waals surface area contributed by atoms with E-state index >= 15 is 9.59 Å². The van der Waals surface area contributed by atoms with Crippen LogP contribution in [-0.2, 0) is 24.6 Å². The SMILES string of the molecule is COc1cccc(O)c1[C@H]1C2=CC[C@@H]3C(=O)N(c4ccc(-c5nc6ccccc6o5)cc4)C(=O)[C@@H]3[C@@H]2C[C@H]2C(=O)N(c3cccc(Cl)c3)C(=O)[C@@]12c1ccccc1. The van der Waals surface area contributed by atoms with Crippen LogP contribution >= 0.6 is 11.6 Å². The number of ether oxygens (including phenoxy) is 1. The molecule has 0 unspecified atom stereocenters. The van der Waals surface area contributed by atoms with Crippen molar-refractivity contribution in [1.82, 2.24) is 4.98 Å². The van der Waals surface area contributed by atoms with Gasteiger partial charge in [0.15, 0.2) is 5.58 Å². The summed E-state index contributed by atoms with van der Waals surface area (Å²) in [6.07, 6.45) is 2.29. The van der Waals surface area contributed by atoms with E-state index < -0.39 is 46.8 Å². The highest BCUT2D eigenvalue weighted by molar-refractivity contribution is 6.32. The Morgan fingerprint density at radius 2 is 1.54 bits per heavy atom. The number of nitrogens with zero attached hydrogens (tertiary/aromatic N) is 3. The van der Waals surface area contributed by atoms with Crippen LogP contribution in [0.5, 0.6) is 11.5 Å². The number of phenols is 1. The molecule has 10 nitrogen and oxygen atoms in total. The summed E-state index contributed by atoms with van der Waals surface area (Å²) in [6.45, 7) is 0. The van der Waals surface area contributed by atoms with Gasteiger partial charge in [0.1, 0.15) is 17.0 Å². The van der Waals surface area contributed by atoms with Gasteiger partial charge in [-0.2, -0.15) is 0 Å². The Labute approximate surface area is 331 Å². The monoisotopic (exact) mass is 775 g/mol. The number of allylic oxidation sites excluding steroid dienone is 2. The molecule has 1 N–H and O–H groups in total. The van der Waals surface area contributed by atoms with Crippen molar-refractivity contribution in [2.45, 2.75) is 24.2 Å². The highest BCUT2D eigenvalue weighted by Crippen LogP contribution is 2.66. The number of anilines is 2. The molecule has 4 amide bonds. The van der Waals surface area contributed by atoms with Crippen LogP contribution in [0, 0.1) is 23.7 Å². The third-order valence-electron chi connectivity index (χ3n) is 12.4. The van der Waals surface area contributed by atoms with Crippen LogP contribution < -0.4 is 14.5 Å². The van der Waals surface area contributed by atoms with E-state index in [-0.39, 0.29) is 30.4 Å². The van der Waals surface area contributed by atoms with Gasteiger partial charge in [-0.15, -0.1) is 0 Å². The first-order valence-corrected chi connectivity index (χ1v) is 19.2. The van der Waals surface area contributed by atoms with Gasteiger partial charge in [-0.1, -0.05) is 77.8 Å². The number of halogens is 1. The van der Waals surface area contributed by atoms with E-state index in [0.29, 0.717) is 55.9 Å². The molecule has 57 heavy (non-hydrogen) atoms. The number of methoxy groups -OCH3 is 1. The van der Waals surface area contributed by atoms with Crippen LogP contribution in [0.15, 0.2) is 137 Å². The van der Waals surface area contributed by atoms with Crippen molar-refractivity contribution in [3.8, 4) is 23.0 Å². The molecular formula is C46H34ClN3O7. The Balaban J connectivity index is 1.11. The lowest BCUT2D eigenvalue weighted by Gasteiger charge is -2.51. The Morgan fingerprint density at radius 3 is 2.30 bits per heavy atom. The number of hydrogen-bond acceptors (Lipinski definition) is 8. The minimum Gasteiger partial charge on any atom is -0.508 e. The number of phenolic OH excluding ortho intramolecular Hbond substituents is 1. The van der Waals surface area contributed by atoms with E-state index in [1.807, 2.05) is 60.7 Å². The molecule has 2 aliphatic heterocycles. The molecule has 6 atom stereocenters. The van der Waals surface area contributed by atoms with E-state index in [1.54, 1.807) is 60.7 Å². The largest absolute Gasteiger partial charge is 0.508 e. The summed E-state index contributed by atoms with van der Waals surface area (Å²) in [5.74, 6) is -5.11. The maximum Gasteiger partial charge on any atom is 0.246 e. The number of aromatic hydroxyl groups is 1. The molecule has 3 fully saturated rings. The predicted octanol–water partition coefficient (Wildman–Crippen LogP) is 8.23. The second kappa shape index (κ2) is 13.0. The maximum absolute atomic E-state index is 15.5. The van der Waals surface area contributed by atoms with Crippen molar-refractivity contribution in [1.29, 1.82) is 0 Å². The highest BCUT2D eigenvalue weighted by Gasteiger charge is 2.71. The average molecular weight is 776 g/mol. The van der Waals surface area contributed by atoms with Gasteiger partial charge in [0, 0.05) is 22.1 Å². The molecule has 6 aromatic rings. The Morgan fingerprint density at radius 1 is 0.789 bits per heavy atom. The molecule has 0 radical (unpaired) electrons. The molecule has 4 aliphatic rings. The van der Waals surface area contributed by atoms with Crippen LogP contribution in [0.1, 0.15) is 29.9 Å². The molecule has 1 saturated carbocycles. The number of amides is 4. The fourth-order valence-corrected chi connectivity index (χ4v) is 10.2. The average Bonchev–Trinajstić information content (AvgIpc) is 3.85. The van der Waals surface area contributed by atoms with Crippen LogP contribution in [0.4, 0.5) is 11.4 Å². The zero-order valence-electron chi connectivity index (χ0n) is 30.5. The van der Waals surface area contributed by atoms with E-state index in [1.165, 1.54) is 23.0 Å². The number of oxazole rings is 1. The van der Waals surface area contributed by atoms with Crippen LogP contribution in [0.2, 0.25) is 5.02 Å². The molecule has 3 heterocycles. The number of carbonyl (C=O) groups is 4. The van der Waals surface area contributed by atoms with E-state index in [0.717, 1.165) is 5.52 Å². The van der Waals surface area contributed by atoms with Gasteiger partial charge in [-0.3, -0.25) is 24.1 Å². The van der Waals surface area contributed by atoms with Crippen molar-refractivity contribution >= 4 is 57.7 Å². The first-order chi connectivity index (χ1) is 27.7. The number of fused-ring (bicyclic) bond motifs is 5. The molecule has 2 saturated heterocycles. The number of hydrogen-bond donors (Lipinski definition) is 1. The zero-order valence-corrected chi connectivity index (χ0v) is 31.3. The first kappa shape index (κ1) is 34.9. The van der Waals surface area contributed by atoms with Crippen LogP contribution in [0.3, 0.4) is 0 Å². The van der Waals surface area contributed by atoms with E-state index in [4.69, 9.17) is 20.8 Å². The summed E-state index contributed by atoms with van der Waals surface area (Å²) < 4.78 is 11.8. The maximum atomic E-state index is 15.5. The normalized spacial score (nSPS) is 25.4. The van der Waals surface area contributed by atoms with Crippen molar-refractivity contribution in [3.05, 3.63) is 149 Å². The zero-order chi connectivity index (χ0) is 39.2. The summed E-state index contributed by atoms with van der Waals surface area (Å²) >= 11 is 6.43. The van der Waals surface area contributed by atoms with Gasteiger partial charge >= 0.3 is 0 Å². The van der Waals surface area contributed by atoms with Gasteiger partial charge in [-0.25, -0.2) is 9.88 Å². The van der Waals surface area contributed by atoms with Gasteiger partial charge in [-0.05, 0) is 91.1 Å². The smallest absolute Gasteiger partial charge is 0.246 e. The third kappa shape index (κ3) is 4.99. The summed E-state index contributed by atoms with van der Waals surface area (Å²) in [5.41, 5.74) is 2.85. The number of carbonyl (C=O) groups excluding carboxylic acids is 4. The van der Waals surface area contributed by atoms with Gasteiger partial charge < -0.3 is 14.3 Å². The standard InChI is InChI=1S/C46H34ClN3O7/c1-56-37-16-8-14-35(51)39(37)40-30-21-22-31-38(44(54)49(42(31)52)28-19-17-25(18-20-28)41-48-34-13-5-6-15-36(34)57-41)32(30)24-33-43(53)50(29-12-7-11-27(47)23-29)45(55)46(33,40)26-9-3-2-4-10-26/h2-21,23,31-33,38,40,51H,22,24H2,1H3/t31-,32+,33-,38-,40+,46+/m0/s1. The summed E-state index contributed by atoms with van der Waals surface area (Å²) in [7, 11) is 1.49. The molecule has 0 bridgehead atoms. The second-order valence-electron chi connectivity index (χ2n) is 15.0. The van der Waals surface area contributed by atoms with Gasteiger partial charge in [0.05, 0.1) is 41.7 Å². The molecule has 282 valence electrons. The molecule has 11 heteroatoms. The lowest BCUT2D eigenvalue weighted by Crippen LogP contribution is -2.53. The summed E-state index contributed by atoms with van der Waals surface area (Å²) in [5, 5.41) is 12.1. The first-order valence-electron chi connectivity index (χ1n) is 18.8. The van der Waals surface area contributed by atoms with Crippen LogP contribution in [-0.4, -0.2) is 40.8 Å². The quantitative estimate of drug-likeness (QED) is 0.132. The minimum absolute atomic E-state index is 0.111. The van der Waals surface area contributed by atoms with Gasteiger partial charge in [0.2, 0.25) is 29.5 Å². The van der Waals surface area contributed by atoms with E-state index in [9.17, 15) is 14.7 Å². The number of aromatic nitrogens is 1. The Hall–Kier alpha value is -6.52. The molecular weight excluding hydrogens is 742 g/mol. The molecule has 1 aromatic heterocycles. The molecule has 2 aliphatic carbocycles. The van der Waals surface area contributed by atoms with Crippen molar-refractivity contribution in [2.24, 2.45) is 23.7 Å². The number of imide groups is 2. The molecule has 0 spiro atoms. The molecule has 5 aromatic carbocycles. The fraction of sp³-hybridized carbons (Fsp3) is 0.196. The minimum atomic E-state index is -1.56. The Bertz CT molecular complexity index is 2660. The second-order valence-corrected chi connectivity index (χ2v) is 15.5. The lowest BCUT2D eigenvalue weighted by atomic mass is 9.49. The number of benzene rings is 5. The number of para-hydroxylation sites is 2. The van der Waals surface area contributed by atoms with E-state index in [2.05, 4.69) is 4.98 Å². The topological polar surface area (TPSA) is 130 Å². The van der Waals surface area contributed by atoms with Crippen molar-refractivity contribution in [3.63, 3.8) is 0 Å². The summed E-state index contributed by atoms with van der Waals surface area (Å²) in [6, 6.07) is 35.1. The lowest BCUT2D eigenvalue weighted by molar-refractivity contribution is -0.127. The summed E-state index contributed by atoms with van der Waals surface area (Å²) in [4.78, 5) is 66.7. The van der Waals surface area contributed by atoms with Crippen molar-refractivity contribution < 1.29 is 33.4 Å². The molecule has 10 rings (SSSR count). The van der Waals surface area contributed by atoms with Crippen LogP contribution in [0.25, 0.3) is 22.6 Å². The third-order valence-corrected chi connectivity index (χ3v) is 12.6. The Kier molecular flexibility index (Phi) is 7.98.